The fraction of sp³-hybridized carbons (Fsp3) is 0.238. The summed E-state index contributed by atoms with van der Waals surface area (Å²) in [4.78, 5) is 23.7. The Morgan fingerprint density at radius 1 is 0.875 bits per heavy atom. The van der Waals surface area contributed by atoms with Gasteiger partial charge in [0.25, 0.3) is 0 Å². The lowest BCUT2D eigenvalue weighted by Crippen LogP contribution is -2.08. The molecular weight excluding hydrogens is 300 g/mol. The molecule has 0 unspecified atom stereocenters. The fourth-order valence-electron chi connectivity index (χ4n) is 2.40. The van der Waals surface area contributed by atoms with Crippen LogP contribution in [0.1, 0.15) is 43.6 Å². The minimum atomic E-state index is -0.486. The van der Waals surface area contributed by atoms with Gasteiger partial charge in [0.1, 0.15) is 5.58 Å². The maximum Gasteiger partial charge on any atom is 0.344 e. The highest BCUT2D eigenvalue weighted by Gasteiger charge is 2.16. The van der Waals surface area contributed by atoms with E-state index in [2.05, 4.69) is 0 Å². The van der Waals surface area contributed by atoms with Crippen LogP contribution >= 0.6 is 0 Å². The molecule has 0 spiro atoms. The van der Waals surface area contributed by atoms with Crippen molar-refractivity contribution in [3.8, 4) is 11.1 Å². The molecule has 0 aliphatic heterocycles. The van der Waals surface area contributed by atoms with Gasteiger partial charge in [-0.05, 0) is 24.1 Å². The number of para-hydroxylation sites is 1. The molecule has 3 nitrogen and oxygen atoms in total. The van der Waals surface area contributed by atoms with E-state index in [0.717, 1.165) is 17.4 Å². The van der Waals surface area contributed by atoms with Crippen LogP contribution in [0.5, 0.6) is 0 Å². The summed E-state index contributed by atoms with van der Waals surface area (Å²) in [6.45, 7) is 9.90. The van der Waals surface area contributed by atoms with E-state index in [-0.39, 0.29) is 0 Å². The molecule has 24 heavy (non-hydrogen) atoms. The van der Waals surface area contributed by atoms with Gasteiger partial charge in [0, 0.05) is 10.9 Å². The Balaban J connectivity index is 0.000000671. The van der Waals surface area contributed by atoms with Crippen molar-refractivity contribution in [1.82, 2.24) is 0 Å². The molecule has 126 valence electrons. The number of aryl methyl sites for hydroxylation is 1. The molecular formula is C21H24O3. The highest BCUT2D eigenvalue weighted by Crippen LogP contribution is 2.27. The molecule has 0 bridgehead atoms. The van der Waals surface area contributed by atoms with E-state index in [4.69, 9.17) is 4.42 Å². The van der Waals surface area contributed by atoms with Crippen molar-refractivity contribution in [2.24, 2.45) is 0 Å². The van der Waals surface area contributed by atoms with Gasteiger partial charge in [0.05, 0.1) is 5.56 Å². The van der Waals surface area contributed by atoms with Crippen LogP contribution in [-0.4, -0.2) is 6.29 Å². The first kappa shape index (κ1) is 19.4. The second-order valence-electron chi connectivity index (χ2n) is 4.61. The molecule has 0 aliphatic rings. The summed E-state index contributed by atoms with van der Waals surface area (Å²) in [5.74, 6) is 0. The maximum atomic E-state index is 12.2. The largest absolute Gasteiger partial charge is 0.422 e. The van der Waals surface area contributed by atoms with Crippen LogP contribution in [0.2, 0.25) is 0 Å². The molecule has 0 saturated heterocycles. The van der Waals surface area contributed by atoms with E-state index in [9.17, 15) is 9.59 Å². The van der Waals surface area contributed by atoms with Crippen LogP contribution in [0, 0.1) is 6.92 Å². The summed E-state index contributed by atoms with van der Waals surface area (Å²) in [6, 6.07) is 14.5. The number of hydrogen-bond donors (Lipinski definition) is 0. The van der Waals surface area contributed by atoms with Crippen LogP contribution in [0.25, 0.3) is 22.1 Å². The summed E-state index contributed by atoms with van der Waals surface area (Å²) >= 11 is 0. The topological polar surface area (TPSA) is 47.3 Å². The third kappa shape index (κ3) is 3.80. The van der Waals surface area contributed by atoms with E-state index in [1.54, 1.807) is 18.2 Å². The highest BCUT2D eigenvalue weighted by atomic mass is 16.4. The second-order valence-corrected chi connectivity index (χ2v) is 4.61. The van der Waals surface area contributed by atoms with Crippen molar-refractivity contribution in [3.63, 3.8) is 0 Å². The first-order chi connectivity index (χ1) is 11.7. The van der Waals surface area contributed by atoms with Gasteiger partial charge in [-0.2, -0.15) is 0 Å². The van der Waals surface area contributed by atoms with Gasteiger partial charge in [0.2, 0.25) is 0 Å². The average Bonchev–Trinajstić information content (AvgIpc) is 2.64. The minimum absolute atomic E-state index is 0.330. The predicted molar refractivity (Wildman–Crippen MR) is 101 cm³/mol. The number of fused-ring (bicyclic) bond motifs is 1. The third-order valence-electron chi connectivity index (χ3n) is 3.39. The molecule has 2 aromatic carbocycles. The van der Waals surface area contributed by atoms with Crippen LogP contribution in [-0.2, 0) is 0 Å². The Bertz CT molecular complexity index is 860. The van der Waals surface area contributed by atoms with Crippen LogP contribution < -0.4 is 5.63 Å². The highest BCUT2D eigenvalue weighted by molar-refractivity contribution is 6.02. The summed E-state index contributed by atoms with van der Waals surface area (Å²) < 4.78 is 5.33. The number of benzene rings is 2. The molecule has 3 rings (SSSR count). The van der Waals surface area contributed by atoms with Crippen LogP contribution in [0.3, 0.4) is 0 Å². The smallest absolute Gasteiger partial charge is 0.344 e. The Morgan fingerprint density at radius 2 is 1.46 bits per heavy atom. The van der Waals surface area contributed by atoms with Crippen molar-refractivity contribution in [2.75, 3.05) is 0 Å². The molecule has 3 aromatic rings. The summed E-state index contributed by atoms with van der Waals surface area (Å²) in [5.41, 5.74) is 2.31. The van der Waals surface area contributed by atoms with E-state index in [1.807, 2.05) is 65.0 Å². The van der Waals surface area contributed by atoms with Crippen molar-refractivity contribution in [3.05, 3.63) is 70.1 Å². The number of aldehydes is 1. The van der Waals surface area contributed by atoms with Crippen molar-refractivity contribution < 1.29 is 9.21 Å². The normalized spacial score (nSPS) is 9.38. The van der Waals surface area contributed by atoms with E-state index in [1.165, 1.54) is 0 Å². The zero-order chi connectivity index (χ0) is 18.1. The summed E-state index contributed by atoms with van der Waals surface area (Å²) in [7, 11) is 0. The lowest BCUT2D eigenvalue weighted by molar-refractivity contribution is 0.112. The number of rotatable bonds is 2. The molecule has 0 N–H and O–H groups in total. The quantitative estimate of drug-likeness (QED) is 0.453. The first-order valence-corrected chi connectivity index (χ1v) is 8.29. The van der Waals surface area contributed by atoms with Gasteiger partial charge in [0.15, 0.2) is 6.29 Å². The Labute approximate surface area is 142 Å². The molecule has 0 fully saturated rings. The number of carbonyl (C=O) groups is 1. The monoisotopic (exact) mass is 324 g/mol. The standard InChI is InChI=1S/C17H12O3.2C2H6/c1-11-6-2-3-7-12(11)16-14(10-18)13-8-4-5-9-15(13)20-17(16)19;2*1-2/h2-10H,1H3;2*1-2H3. The summed E-state index contributed by atoms with van der Waals surface area (Å²) in [5, 5.41) is 0.653. The Kier molecular flexibility index (Phi) is 7.63. The molecule has 0 aliphatic carbocycles. The summed E-state index contributed by atoms with van der Waals surface area (Å²) in [6.07, 6.45) is 0.723. The molecule has 0 atom stereocenters. The predicted octanol–water partition coefficient (Wildman–Crippen LogP) is 5.63. The molecule has 1 aromatic heterocycles. The average molecular weight is 324 g/mol. The SMILES string of the molecule is CC.CC.Cc1ccccc1-c1c(C=O)c2ccccc2oc1=O. The fourth-order valence-corrected chi connectivity index (χ4v) is 2.40. The molecule has 0 radical (unpaired) electrons. The number of carbonyl (C=O) groups excluding carboxylic acids is 1. The van der Waals surface area contributed by atoms with Gasteiger partial charge in [-0.1, -0.05) is 70.2 Å². The molecule has 0 saturated carbocycles. The Morgan fingerprint density at radius 3 is 2.08 bits per heavy atom. The number of hydrogen-bond acceptors (Lipinski definition) is 3. The molecule has 0 amide bonds. The van der Waals surface area contributed by atoms with E-state index < -0.39 is 5.63 Å². The van der Waals surface area contributed by atoms with Crippen molar-refractivity contribution in [1.29, 1.82) is 0 Å². The lowest BCUT2D eigenvalue weighted by atomic mass is 9.96. The van der Waals surface area contributed by atoms with Gasteiger partial charge in [-0.15, -0.1) is 0 Å². The maximum absolute atomic E-state index is 12.2. The van der Waals surface area contributed by atoms with Gasteiger partial charge < -0.3 is 4.42 Å². The zero-order valence-corrected chi connectivity index (χ0v) is 14.9. The van der Waals surface area contributed by atoms with Crippen molar-refractivity contribution >= 4 is 17.3 Å². The van der Waals surface area contributed by atoms with Crippen LogP contribution in [0.15, 0.2) is 57.7 Å². The van der Waals surface area contributed by atoms with Gasteiger partial charge in [-0.3, -0.25) is 4.79 Å². The van der Waals surface area contributed by atoms with E-state index >= 15 is 0 Å². The Hall–Kier alpha value is -2.68. The van der Waals surface area contributed by atoms with E-state index in [0.29, 0.717) is 22.1 Å². The molecule has 1 heterocycles. The molecule has 3 heteroatoms. The zero-order valence-electron chi connectivity index (χ0n) is 14.9. The second kappa shape index (κ2) is 9.46. The minimum Gasteiger partial charge on any atom is -0.422 e. The third-order valence-corrected chi connectivity index (χ3v) is 3.39. The van der Waals surface area contributed by atoms with Gasteiger partial charge in [-0.25, -0.2) is 4.79 Å². The van der Waals surface area contributed by atoms with Crippen molar-refractivity contribution in [2.45, 2.75) is 34.6 Å². The van der Waals surface area contributed by atoms with Gasteiger partial charge >= 0.3 is 5.63 Å². The van der Waals surface area contributed by atoms with Crippen LogP contribution in [0.4, 0.5) is 0 Å². The lowest BCUT2D eigenvalue weighted by Gasteiger charge is -2.09. The first-order valence-electron chi connectivity index (χ1n) is 8.29.